The average molecular weight is 391 g/mol. The molecule has 9 heteroatoms. The Kier molecular flexibility index (Phi) is 9.63. The highest BCUT2D eigenvalue weighted by Gasteiger charge is 2.30. The lowest BCUT2D eigenvalue weighted by Crippen LogP contribution is -2.31. The lowest BCUT2D eigenvalue weighted by Gasteiger charge is -2.21. The van der Waals surface area contributed by atoms with Crippen LogP contribution in [0.5, 0.6) is 5.75 Å². The second-order valence-corrected chi connectivity index (χ2v) is 5.72. The predicted molar refractivity (Wildman–Crippen MR) is 91.3 cm³/mol. The van der Waals surface area contributed by atoms with Crippen LogP contribution in [0.4, 0.5) is 13.2 Å². The van der Waals surface area contributed by atoms with Crippen molar-refractivity contribution in [1.29, 1.82) is 0 Å². The first-order chi connectivity index (χ1) is 12.8. The fourth-order valence-corrected chi connectivity index (χ4v) is 2.28. The van der Waals surface area contributed by atoms with Crippen LogP contribution in [0.25, 0.3) is 0 Å². The van der Waals surface area contributed by atoms with E-state index in [0.717, 1.165) is 12.1 Å². The third-order valence-electron chi connectivity index (χ3n) is 3.77. The predicted octanol–water partition coefficient (Wildman–Crippen LogP) is 2.90. The van der Waals surface area contributed by atoms with E-state index < -0.39 is 11.7 Å². The summed E-state index contributed by atoms with van der Waals surface area (Å²) >= 11 is 0. The molecule has 0 saturated carbocycles. The molecule has 1 aromatic carbocycles. The van der Waals surface area contributed by atoms with E-state index in [1.807, 2.05) is 4.90 Å². The number of alkyl halides is 3. The second kappa shape index (κ2) is 11.4. The number of rotatable bonds is 11. The zero-order valence-electron chi connectivity index (χ0n) is 15.4. The SMILES string of the molecule is COC(=O)CCN(CCCOc1cccc(C(F)(F)F)c1)CCC(=O)OC. The molecule has 0 radical (unpaired) electrons. The highest BCUT2D eigenvalue weighted by molar-refractivity contribution is 5.70. The van der Waals surface area contributed by atoms with Gasteiger partial charge in [-0.05, 0) is 24.6 Å². The van der Waals surface area contributed by atoms with Crippen molar-refractivity contribution in [2.45, 2.75) is 25.4 Å². The van der Waals surface area contributed by atoms with E-state index in [0.29, 0.717) is 26.1 Å². The summed E-state index contributed by atoms with van der Waals surface area (Å²) in [5.74, 6) is -0.586. The summed E-state index contributed by atoms with van der Waals surface area (Å²) in [6.45, 7) is 1.50. The minimum absolute atomic E-state index is 0.139. The summed E-state index contributed by atoms with van der Waals surface area (Å²) in [5.41, 5.74) is -0.766. The molecule has 0 heterocycles. The van der Waals surface area contributed by atoms with Crippen molar-refractivity contribution in [3.63, 3.8) is 0 Å². The monoisotopic (exact) mass is 391 g/mol. The molecule has 0 spiro atoms. The van der Waals surface area contributed by atoms with Crippen molar-refractivity contribution in [2.75, 3.05) is 40.5 Å². The third kappa shape index (κ3) is 9.28. The highest BCUT2D eigenvalue weighted by Crippen LogP contribution is 2.31. The van der Waals surface area contributed by atoms with Gasteiger partial charge in [0.15, 0.2) is 0 Å². The van der Waals surface area contributed by atoms with Gasteiger partial charge < -0.3 is 19.1 Å². The summed E-state index contributed by atoms with van der Waals surface area (Å²) in [7, 11) is 2.59. The average Bonchev–Trinajstić information content (AvgIpc) is 2.65. The lowest BCUT2D eigenvalue weighted by molar-refractivity contribution is -0.141. The number of hydrogen-bond acceptors (Lipinski definition) is 6. The summed E-state index contributed by atoms with van der Waals surface area (Å²) < 4.78 is 52.6. The van der Waals surface area contributed by atoms with Crippen molar-refractivity contribution in [3.8, 4) is 5.75 Å². The number of halogens is 3. The summed E-state index contributed by atoms with van der Waals surface area (Å²) in [5, 5.41) is 0. The maximum atomic E-state index is 12.7. The molecule has 0 aliphatic carbocycles. The van der Waals surface area contributed by atoms with Gasteiger partial charge in [-0.3, -0.25) is 9.59 Å². The van der Waals surface area contributed by atoms with Crippen LogP contribution in [0.1, 0.15) is 24.8 Å². The molecule has 0 saturated heterocycles. The maximum absolute atomic E-state index is 12.7. The van der Waals surface area contributed by atoms with E-state index >= 15 is 0 Å². The molecule has 27 heavy (non-hydrogen) atoms. The fourth-order valence-electron chi connectivity index (χ4n) is 2.28. The zero-order chi connectivity index (χ0) is 20.3. The van der Waals surface area contributed by atoms with Crippen LogP contribution in [0.3, 0.4) is 0 Å². The Bertz CT molecular complexity index is 587. The topological polar surface area (TPSA) is 65.1 Å². The molecule has 0 aliphatic heterocycles. The summed E-state index contributed by atoms with van der Waals surface area (Å²) in [6.07, 6.45) is -3.56. The number of nitrogens with zero attached hydrogens (tertiary/aromatic N) is 1. The zero-order valence-corrected chi connectivity index (χ0v) is 15.4. The smallest absolute Gasteiger partial charge is 0.416 e. The second-order valence-electron chi connectivity index (χ2n) is 5.72. The highest BCUT2D eigenvalue weighted by atomic mass is 19.4. The molecule has 0 unspecified atom stereocenters. The molecule has 6 nitrogen and oxygen atoms in total. The van der Waals surface area contributed by atoms with E-state index in [1.165, 1.54) is 26.4 Å². The molecular weight excluding hydrogens is 367 g/mol. The van der Waals surface area contributed by atoms with Crippen LogP contribution in [0.2, 0.25) is 0 Å². The Hall–Kier alpha value is -2.29. The number of benzene rings is 1. The summed E-state index contributed by atoms with van der Waals surface area (Å²) in [4.78, 5) is 24.4. The van der Waals surface area contributed by atoms with Crippen LogP contribution >= 0.6 is 0 Å². The Labute approximate surface area is 156 Å². The van der Waals surface area contributed by atoms with E-state index in [1.54, 1.807) is 0 Å². The van der Waals surface area contributed by atoms with Gasteiger partial charge in [0.1, 0.15) is 5.75 Å². The Morgan fingerprint density at radius 1 is 1.00 bits per heavy atom. The van der Waals surface area contributed by atoms with Gasteiger partial charge in [0.05, 0.1) is 39.2 Å². The largest absolute Gasteiger partial charge is 0.494 e. The van der Waals surface area contributed by atoms with E-state index in [-0.39, 0.29) is 37.1 Å². The van der Waals surface area contributed by atoms with Crippen molar-refractivity contribution in [3.05, 3.63) is 29.8 Å². The van der Waals surface area contributed by atoms with E-state index in [9.17, 15) is 22.8 Å². The molecule has 0 bridgehead atoms. The number of carbonyl (C=O) groups is 2. The van der Waals surface area contributed by atoms with Gasteiger partial charge >= 0.3 is 18.1 Å². The maximum Gasteiger partial charge on any atom is 0.416 e. The Balaban J connectivity index is 2.47. The van der Waals surface area contributed by atoms with Crippen LogP contribution in [-0.2, 0) is 25.2 Å². The first kappa shape index (κ1) is 22.8. The molecule has 0 atom stereocenters. The normalized spacial score (nSPS) is 11.3. The van der Waals surface area contributed by atoms with E-state index in [4.69, 9.17) is 4.74 Å². The van der Waals surface area contributed by atoms with Gasteiger partial charge in [-0.2, -0.15) is 13.2 Å². The Morgan fingerprint density at radius 2 is 1.59 bits per heavy atom. The van der Waals surface area contributed by atoms with Gasteiger partial charge in [-0.1, -0.05) is 6.07 Å². The number of carbonyl (C=O) groups excluding carboxylic acids is 2. The minimum atomic E-state index is -4.42. The first-order valence-corrected chi connectivity index (χ1v) is 8.42. The van der Waals surface area contributed by atoms with Crippen LogP contribution < -0.4 is 4.74 Å². The molecule has 0 amide bonds. The molecule has 0 aliphatic rings. The number of esters is 2. The van der Waals surface area contributed by atoms with Crippen molar-refractivity contribution in [2.24, 2.45) is 0 Å². The van der Waals surface area contributed by atoms with Gasteiger partial charge in [0, 0.05) is 19.6 Å². The first-order valence-electron chi connectivity index (χ1n) is 8.42. The van der Waals surface area contributed by atoms with Crippen molar-refractivity contribution >= 4 is 11.9 Å². The van der Waals surface area contributed by atoms with Gasteiger partial charge in [-0.25, -0.2) is 0 Å². The van der Waals surface area contributed by atoms with Gasteiger partial charge in [-0.15, -0.1) is 0 Å². The minimum Gasteiger partial charge on any atom is -0.494 e. The van der Waals surface area contributed by atoms with Crippen LogP contribution in [0.15, 0.2) is 24.3 Å². The standard InChI is InChI=1S/C18H24F3NO5/c1-25-16(23)7-10-22(11-8-17(24)26-2)9-4-12-27-15-6-3-5-14(13-15)18(19,20)21/h3,5-6,13H,4,7-12H2,1-2H3. The van der Waals surface area contributed by atoms with Crippen molar-refractivity contribution in [1.82, 2.24) is 4.90 Å². The van der Waals surface area contributed by atoms with Crippen molar-refractivity contribution < 1.29 is 37.0 Å². The third-order valence-corrected chi connectivity index (χ3v) is 3.77. The molecular formula is C18H24F3NO5. The number of ether oxygens (including phenoxy) is 3. The summed E-state index contributed by atoms with van der Waals surface area (Å²) in [6, 6.07) is 4.68. The fraction of sp³-hybridized carbons (Fsp3) is 0.556. The molecule has 1 rings (SSSR count). The van der Waals surface area contributed by atoms with Crippen LogP contribution in [-0.4, -0.2) is 57.3 Å². The molecule has 0 N–H and O–H groups in total. The molecule has 0 fully saturated rings. The Morgan fingerprint density at radius 3 is 2.11 bits per heavy atom. The molecule has 1 aromatic rings. The number of methoxy groups -OCH3 is 2. The van der Waals surface area contributed by atoms with Gasteiger partial charge in [0.25, 0.3) is 0 Å². The lowest BCUT2D eigenvalue weighted by atomic mass is 10.2. The quantitative estimate of drug-likeness (QED) is 0.427. The van der Waals surface area contributed by atoms with Gasteiger partial charge in [0.2, 0.25) is 0 Å². The molecule has 152 valence electrons. The molecule has 0 aromatic heterocycles. The van der Waals surface area contributed by atoms with E-state index in [2.05, 4.69) is 9.47 Å². The number of hydrogen-bond donors (Lipinski definition) is 0. The van der Waals surface area contributed by atoms with Crippen LogP contribution in [0, 0.1) is 0 Å².